The Morgan fingerprint density at radius 1 is 1.14 bits per heavy atom. The first kappa shape index (κ1) is 16.3. The molecule has 0 heterocycles. The second-order valence-electron chi connectivity index (χ2n) is 4.39. The normalized spacial score (nSPS) is 13.2. The maximum Gasteiger partial charge on any atom is 0.416 e. The third-order valence-corrected chi connectivity index (χ3v) is 3.82. The van der Waals surface area contributed by atoms with Crippen LogP contribution in [0.15, 0.2) is 46.9 Å². The lowest BCUT2D eigenvalue weighted by atomic mass is 9.97. The van der Waals surface area contributed by atoms with Gasteiger partial charge in [-0.3, -0.25) is 5.84 Å². The summed E-state index contributed by atoms with van der Waals surface area (Å²) in [5.41, 5.74) is 2.75. The van der Waals surface area contributed by atoms with Gasteiger partial charge in [0, 0.05) is 9.50 Å². The van der Waals surface area contributed by atoms with Gasteiger partial charge < -0.3 is 0 Å². The lowest BCUT2D eigenvalue weighted by Crippen LogP contribution is -2.29. The minimum Gasteiger partial charge on any atom is -0.271 e. The van der Waals surface area contributed by atoms with Crippen LogP contribution >= 0.6 is 27.5 Å². The van der Waals surface area contributed by atoms with Crippen LogP contribution in [0, 0.1) is 0 Å². The zero-order valence-electron chi connectivity index (χ0n) is 10.6. The molecule has 1 atom stereocenters. The number of hydrogen-bond donors (Lipinski definition) is 2. The van der Waals surface area contributed by atoms with E-state index in [1.54, 1.807) is 24.3 Å². The first-order chi connectivity index (χ1) is 9.82. The van der Waals surface area contributed by atoms with Crippen LogP contribution in [0.3, 0.4) is 0 Å². The van der Waals surface area contributed by atoms with Crippen LogP contribution in [0.25, 0.3) is 0 Å². The number of alkyl halides is 3. The third-order valence-electron chi connectivity index (χ3n) is 2.98. The highest BCUT2D eigenvalue weighted by molar-refractivity contribution is 9.10. The van der Waals surface area contributed by atoms with Crippen molar-refractivity contribution in [3.63, 3.8) is 0 Å². The van der Waals surface area contributed by atoms with Gasteiger partial charge in [0.25, 0.3) is 0 Å². The van der Waals surface area contributed by atoms with Crippen LogP contribution < -0.4 is 11.3 Å². The fourth-order valence-electron chi connectivity index (χ4n) is 2.00. The quantitative estimate of drug-likeness (QED) is 0.600. The van der Waals surface area contributed by atoms with Crippen molar-refractivity contribution in [2.24, 2.45) is 5.84 Å². The average Bonchev–Trinajstić information content (AvgIpc) is 2.43. The van der Waals surface area contributed by atoms with E-state index >= 15 is 0 Å². The van der Waals surface area contributed by atoms with Gasteiger partial charge in [-0.25, -0.2) is 5.43 Å². The van der Waals surface area contributed by atoms with Gasteiger partial charge >= 0.3 is 6.18 Å². The second-order valence-corrected chi connectivity index (χ2v) is 5.71. The molecule has 0 aromatic heterocycles. The molecule has 0 spiro atoms. The molecule has 0 amide bonds. The molecule has 0 fully saturated rings. The van der Waals surface area contributed by atoms with Gasteiger partial charge in [0.2, 0.25) is 0 Å². The van der Waals surface area contributed by atoms with E-state index in [-0.39, 0.29) is 0 Å². The maximum absolute atomic E-state index is 12.8. The molecule has 2 rings (SSSR count). The summed E-state index contributed by atoms with van der Waals surface area (Å²) < 4.78 is 39.1. The molecule has 3 N–H and O–H groups in total. The van der Waals surface area contributed by atoms with Crippen LogP contribution in [0.2, 0.25) is 5.02 Å². The second kappa shape index (κ2) is 6.36. The molecular formula is C14H11BrClF3N2. The van der Waals surface area contributed by atoms with E-state index in [0.29, 0.717) is 16.1 Å². The first-order valence-electron chi connectivity index (χ1n) is 5.91. The molecule has 0 aliphatic rings. The Labute approximate surface area is 133 Å². The van der Waals surface area contributed by atoms with Crippen LogP contribution in [-0.4, -0.2) is 0 Å². The SMILES string of the molecule is NNC(c1cccc(C(F)(F)F)c1)c1cc(Br)ccc1Cl. The number of nitrogens with one attached hydrogen (secondary N) is 1. The Balaban J connectivity index is 2.49. The zero-order valence-corrected chi connectivity index (χ0v) is 12.9. The van der Waals surface area contributed by atoms with Crippen molar-refractivity contribution in [3.05, 3.63) is 68.7 Å². The van der Waals surface area contributed by atoms with Crippen molar-refractivity contribution in [3.8, 4) is 0 Å². The van der Waals surface area contributed by atoms with E-state index in [1.165, 1.54) is 6.07 Å². The summed E-state index contributed by atoms with van der Waals surface area (Å²) in [6, 6.07) is 9.45. The fourth-order valence-corrected chi connectivity index (χ4v) is 2.60. The molecule has 7 heteroatoms. The predicted molar refractivity (Wildman–Crippen MR) is 79.8 cm³/mol. The Bertz CT molecular complexity index is 646. The van der Waals surface area contributed by atoms with E-state index < -0.39 is 17.8 Å². The molecule has 0 saturated heterocycles. The molecule has 2 aromatic rings. The first-order valence-corrected chi connectivity index (χ1v) is 7.08. The predicted octanol–water partition coefficient (Wildman–Crippen LogP) is 4.67. The number of rotatable bonds is 3. The number of hydrazine groups is 1. The van der Waals surface area contributed by atoms with Crippen LogP contribution in [-0.2, 0) is 6.18 Å². The molecule has 112 valence electrons. The highest BCUT2D eigenvalue weighted by atomic mass is 79.9. The van der Waals surface area contributed by atoms with E-state index in [9.17, 15) is 13.2 Å². The number of benzene rings is 2. The lowest BCUT2D eigenvalue weighted by molar-refractivity contribution is -0.137. The summed E-state index contributed by atoms with van der Waals surface area (Å²) in [5.74, 6) is 5.51. The van der Waals surface area contributed by atoms with Gasteiger partial charge in [0.05, 0.1) is 11.6 Å². The molecule has 2 nitrogen and oxygen atoms in total. The Morgan fingerprint density at radius 2 is 1.86 bits per heavy atom. The number of halogens is 5. The van der Waals surface area contributed by atoms with E-state index in [0.717, 1.165) is 16.6 Å². The van der Waals surface area contributed by atoms with Crippen LogP contribution in [0.5, 0.6) is 0 Å². The largest absolute Gasteiger partial charge is 0.416 e. The van der Waals surface area contributed by atoms with E-state index in [4.69, 9.17) is 17.4 Å². The standard InChI is InChI=1S/C14H11BrClF3N2/c15-10-4-5-12(16)11(7-10)13(21-20)8-2-1-3-9(6-8)14(17,18)19/h1-7,13,21H,20H2. The summed E-state index contributed by atoms with van der Waals surface area (Å²) in [5, 5.41) is 0.415. The summed E-state index contributed by atoms with van der Waals surface area (Å²) in [6.45, 7) is 0. The summed E-state index contributed by atoms with van der Waals surface area (Å²) in [6.07, 6.45) is -4.41. The molecule has 0 bridgehead atoms. The van der Waals surface area contributed by atoms with Crippen molar-refractivity contribution in [1.82, 2.24) is 5.43 Å². The van der Waals surface area contributed by atoms with Gasteiger partial charge in [0.1, 0.15) is 0 Å². The average molecular weight is 380 g/mol. The summed E-state index contributed by atoms with van der Waals surface area (Å²) in [7, 11) is 0. The molecular weight excluding hydrogens is 369 g/mol. The monoisotopic (exact) mass is 378 g/mol. The van der Waals surface area contributed by atoms with Crippen molar-refractivity contribution in [2.45, 2.75) is 12.2 Å². The molecule has 0 aliphatic heterocycles. The van der Waals surface area contributed by atoms with E-state index in [2.05, 4.69) is 21.4 Å². The maximum atomic E-state index is 12.8. The Hall–Kier alpha value is -1.08. The molecule has 0 saturated carbocycles. The zero-order chi connectivity index (χ0) is 15.6. The summed E-state index contributed by atoms with van der Waals surface area (Å²) in [4.78, 5) is 0. The minimum absolute atomic E-state index is 0.382. The van der Waals surface area contributed by atoms with Crippen molar-refractivity contribution < 1.29 is 13.2 Å². The van der Waals surface area contributed by atoms with Crippen LogP contribution in [0.4, 0.5) is 13.2 Å². The minimum atomic E-state index is -4.41. The van der Waals surface area contributed by atoms with Crippen molar-refractivity contribution in [2.75, 3.05) is 0 Å². The Morgan fingerprint density at radius 3 is 2.48 bits per heavy atom. The van der Waals surface area contributed by atoms with Gasteiger partial charge in [-0.2, -0.15) is 13.2 Å². The fraction of sp³-hybridized carbons (Fsp3) is 0.143. The lowest BCUT2D eigenvalue weighted by Gasteiger charge is -2.20. The van der Waals surface area contributed by atoms with Gasteiger partial charge in [-0.15, -0.1) is 0 Å². The van der Waals surface area contributed by atoms with Crippen molar-refractivity contribution >= 4 is 27.5 Å². The van der Waals surface area contributed by atoms with Gasteiger partial charge in [-0.1, -0.05) is 39.7 Å². The molecule has 0 radical (unpaired) electrons. The highest BCUT2D eigenvalue weighted by Gasteiger charge is 2.31. The molecule has 2 aromatic carbocycles. The summed E-state index contributed by atoms with van der Waals surface area (Å²) >= 11 is 9.42. The van der Waals surface area contributed by atoms with Gasteiger partial charge in [0.15, 0.2) is 0 Å². The van der Waals surface area contributed by atoms with Gasteiger partial charge in [-0.05, 0) is 41.5 Å². The third kappa shape index (κ3) is 3.77. The molecule has 1 unspecified atom stereocenters. The van der Waals surface area contributed by atoms with Crippen molar-refractivity contribution in [1.29, 1.82) is 0 Å². The van der Waals surface area contributed by atoms with E-state index in [1.807, 2.05) is 0 Å². The molecule has 21 heavy (non-hydrogen) atoms. The topological polar surface area (TPSA) is 38.0 Å². The van der Waals surface area contributed by atoms with Crippen LogP contribution in [0.1, 0.15) is 22.7 Å². The number of hydrogen-bond acceptors (Lipinski definition) is 2. The number of nitrogens with two attached hydrogens (primary N) is 1. The smallest absolute Gasteiger partial charge is 0.271 e. The molecule has 0 aliphatic carbocycles. The highest BCUT2D eigenvalue weighted by Crippen LogP contribution is 2.34. The Kier molecular flexibility index (Phi) is 4.93.